The van der Waals surface area contributed by atoms with Gasteiger partial charge in [0.2, 0.25) is 11.9 Å². The maximum Gasteiger partial charge on any atom is 0.405 e. The fourth-order valence-electron chi connectivity index (χ4n) is 2.82. The summed E-state index contributed by atoms with van der Waals surface area (Å²) in [4.78, 5) is 13.8. The molecule has 1 unspecified atom stereocenters. The van der Waals surface area contributed by atoms with Crippen LogP contribution in [0.25, 0.3) is 5.69 Å². The molecule has 0 bridgehead atoms. The first-order valence-electron chi connectivity index (χ1n) is 7.87. The molecule has 0 radical (unpaired) electrons. The number of aromatic nitrogens is 4. The van der Waals surface area contributed by atoms with E-state index in [9.17, 15) is 18.0 Å². The Morgan fingerprint density at radius 2 is 2.04 bits per heavy atom. The van der Waals surface area contributed by atoms with Crippen LogP contribution in [-0.4, -0.2) is 51.9 Å². The monoisotopic (exact) mass is 354 g/mol. The maximum absolute atomic E-state index is 12.3. The van der Waals surface area contributed by atoms with Crippen LogP contribution in [0.2, 0.25) is 0 Å². The number of nitrogens with zero attached hydrogens (tertiary/aromatic N) is 5. The zero-order valence-electron chi connectivity index (χ0n) is 13.3. The number of hydrogen-bond acceptors (Lipinski definition) is 5. The number of hydrogen-bond donors (Lipinski definition) is 1. The van der Waals surface area contributed by atoms with Crippen LogP contribution >= 0.6 is 0 Å². The van der Waals surface area contributed by atoms with E-state index in [4.69, 9.17) is 0 Å². The van der Waals surface area contributed by atoms with Crippen molar-refractivity contribution in [3.63, 3.8) is 0 Å². The third-order valence-corrected chi connectivity index (χ3v) is 3.99. The lowest BCUT2D eigenvalue weighted by molar-refractivity contribution is -0.140. The number of halogens is 3. The number of carbonyl (C=O) groups is 1. The third-order valence-electron chi connectivity index (χ3n) is 3.99. The molecule has 0 saturated carbocycles. The lowest BCUT2D eigenvalue weighted by Crippen LogP contribution is -2.45. The number of amides is 1. The van der Waals surface area contributed by atoms with Crippen molar-refractivity contribution in [2.75, 3.05) is 24.5 Å². The SMILES string of the molecule is O=C(NCC(F)(F)F)C1CCCN(c2nnnn2-c2ccccc2)C1. The van der Waals surface area contributed by atoms with E-state index in [1.165, 1.54) is 0 Å². The second-order valence-electron chi connectivity index (χ2n) is 5.84. The van der Waals surface area contributed by atoms with Gasteiger partial charge in [0.25, 0.3) is 0 Å². The van der Waals surface area contributed by atoms with E-state index in [2.05, 4.69) is 15.5 Å². The Morgan fingerprint density at radius 1 is 1.28 bits per heavy atom. The molecule has 1 amide bonds. The van der Waals surface area contributed by atoms with E-state index in [-0.39, 0.29) is 6.54 Å². The average Bonchev–Trinajstić information content (AvgIpc) is 3.10. The standard InChI is InChI=1S/C15H17F3N6O/c16-15(17,18)10-19-13(25)11-5-4-8-23(9-11)14-20-21-22-24(14)12-6-2-1-3-7-12/h1-3,6-7,11H,4-5,8-10H2,(H,19,25). The van der Waals surface area contributed by atoms with E-state index in [1.54, 1.807) is 4.68 Å². The molecule has 25 heavy (non-hydrogen) atoms. The molecule has 7 nitrogen and oxygen atoms in total. The first kappa shape index (κ1) is 17.2. The van der Waals surface area contributed by atoms with Gasteiger partial charge in [0.1, 0.15) is 6.54 Å². The number of para-hydroxylation sites is 1. The zero-order valence-corrected chi connectivity index (χ0v) is 13.3. The molecule has 0 spiro atoms. The predicted octanol–water partition coefficient (Wildman–Crippen LogP) is 1.56. The van der Waals surface area contributed by atoms with Gasteiger partial charge in [-0.15, -0.1) is 0 Å². The van der Waals surface area contributed by atoms with Gasteiger partial charge in [-0.1, -0.05) is 23.3 Å². The Labute approximate surface area is 141 Å². The summed E-state index contributed by atoms with van der Waals surface area (Å²) in [6.07, 6.45) is -3.21. The Kier molecular flexibility index (Phi) is 4.86. The summed E-state index contributed by atoms with van der Waals surface area (Å²) in [6.45, 7) is -0.406. The van der Waals surface area contributed by atoms with Crippen molar-refractivity contribution in [2.45, 2.75) is 19.0 Å². The molecule has 3 rings (SSSR count). The van der Waals surface area contributed by atoms with Crippen molar-refractivity contribution in [3.8, 4) is 5.69 Å². The lowest BCUT2D eigenvalue weighted by atomic mass is 9.97. The number of alkyl halides is 3. The summed E-state index contributed by atoms with van der Waals surface area (Å²) in [5, 5.41) is 13.6. The number of benzene rings is 1. The minimum absolute atomic E-state index is 0.275. The molecule has 1 saturated heterocycles. The Bertz CT molecular complexity index is 718. The quantitative estimate of drug-likeness (QED) is 0.902. The topological polar surface area (TPSA) is 75.9 Å². The highest BCUT2D eigenvalue weighted by atomic mass is 19.4. The van der Waals surface area contributed by atoms with Gasteiger partial charge in [-0.2, -0.15) is 17.9 Å². The first-order chi connectivity index (χ1) is 11.9. The molecule has 134 valence electrons. The van der Waals surface area contributed by atoms with Crippen LogP contribution in [0.15, 0.2) is 30.3 Å². The molecule has 10 heteroatoms. The molecule has 1 aromatic carbocycles. The second kappa shape index (κ2) is 7.08. The van der Waals surface area contributed by atoms with Gasteiger partial charge in [-0.25, -0.2) is 0 Å². The van der Waals surface area contributed by atoms with Gasteiger partial charge in [0.05, 0.1) is 11.6 Å². The van der Waals surface area contributed by atoms with Crippen LogP contribution < -0.4 is 10.2 Å². The lowest BCUT2D eigenvalue weighted by Gasteiger charge is -2.32. The highest BCUT2D eigenvalue weighted by molar-refractivity contribution is 5.79. The molecule has 1 aliphatic rings. The van der Waals surface area contributed by atoms with Crippen molar-refractivity contribution >= 4 is 11.9 Å². The summed E-state index contributed by atoms with van der Waals surface area (Å²) in [5.41, 5.74) is 0.770. The van der Waals surface area contributed by atoms with E-state index in [1.807, 2.05) is 40.5 Å². The fraction of sp³-hybridized carbons (Fsp3) is 0.467. The minimum Gasteiger partial charge on any atom is -0.347 e. The van der Waals surface area contributed by atoms with Gasteiger partial charge in [0.15, 0.2) is 0 Å². The minimum atomic E-state index is -4.42. The van der Waals surface area contributed by atoms with E-state index >= 15 is 0 Å². The van der Waals surface area contributed by atoms with Gasteiger partial charge < -0.3 is 10.2 Å². The summed E-state index contributed by atoms with van der Waals surface area (Å²) < 4.78 is 38.4. The van der Waals surface area contributed by atoms with Crippen molar-refractivity contribution < 1.29 is 18.0 Å². The van der Waals surface area contributed by atoms with Crippen LogP contribution in [0.5, 0.6) is 0 Å². The van der Waals surface area contributed by atoms with Crippen molar-refractivity contribution in [1.29, 1.82) is 0 Å². The van der Waals surface area contributed by atoms with Crippen LogP contribution in [-0.2, 0) is 4.79 Å². The molecule has 1 aromatic heterocycles. The molecule has 2 heterocycles. The normalized spacial score (nSPS) is 18.2. The van der Waals surface area contributed by atoms with Gasteiger partial charge in [0, 0.05) is 13.1 Å². The smallest absolute Gasteiger partial charge is 0.347 e. The van der Waals surface area contributed by atoms with E-state index in [0.29, 0.717) is 25.3 Å². The molecule has 1 fully saturated rings. The average molecular weight is 354 g/mol. The Balaban J connectivity index is 1.70. The molecule has 0 aliphatic carbocycles. The second-order valence-corrected chi connectivity index (χ2v) is 5.84. The van der Waals surface area contributed by atoms with Gasteiger partial charge in [-0.3, -0.25) is 4.79 Å². The number of nitrogens with one attached hydrogen (secondary N) is 1. The van der Waals surface area contributed by atoms with Crippen molar-refractivity contribution in [1.82, 2.24) is 25.5 Å². The van der Waals surface area contributed by atoms with E-state index in [0.717, 1.165) is 5.69 Å². The third kappa shape index (κ3) is 4.25. The molecule has 1 N–H and O–H groups in total. The molecule has 1 atom stereocenters. The molecular formula is C15H17F3N6O. The number of piperidine rings is 1. The predicted molar refractivity (Wildman–Crippen MR) is 83.2 cm³/mol. The van der Waals surface area contributed by atoms with Crippen LogP contribution in [0.3, 0.4) is 0 Å². The number of rotatable bonds is 4. The van der Waals surface area contributed by atoms with Crippen molar-refractivity contribution in [2.24, 2.45) is 5.92 Å². The molecule has 1 aliphatic heterocycles. The Morgan fingerprint density at radius 3 is 2.76 bits per heavy atom. The zero-order chi connectivity index (χ0) is 17.9. The van der Waals surface area contributed by atoms with Crippen molar-refractivity contribution in [3.05, 3.63) is 30.3 Å². The highest BCUT2D eigenvalue weighted by Crippen LogP contribution is 2.23. The summed E-state index contributed by atoms with van der Waals surface area (Å²) in [5.74, 6) is -0.655. The van der Waals surface area contributed by atoms with E-state index < -0.39 is 24.5 Å². The molecule has 2 aromatic rings. The Hall–Kier alpha value is -2.65. The summed E-state index contributed by atoms with van der Waals surface area (Å²) in [7, 11) is 0. The summed E-state index contributed by atoms with van der Waals surface area (Å²) >= 11 is 0. The number of anilines is 1. The van der Waals surface area contributed by atoms with Crippen LogP contribution in [0.1, 0.15) is 12.8 Å². The van der Waals surface area contributed by atoms with Crippen LogP contribution in [0.4, 0.5) is 19.1 Å². The van der Waals surface area contributed by atoms with Gasteiger partial charge in [-0.05, 0) is 35.4 Å². The largest absolute Gasteiger partial charge is 0.405 e. The highest BCUT2D eigenvalue weighted by Gasteiger charge is 2.32. The number of carbonyl (C=O) groups excluding carboxylic acids is 1. The fourth-order valence-corrected chi connectivity index (χ4v) is 2.82. The molecular weight excluding hydrogens is 337 g/mol. The number of tetrazole rings is 1. The van der Waals surface area contributed by atoms with Gasteiger partial charge >= 0.3 is 6.18 Å². The summed E-state index contributed by atoms with van der Waals surface area (Å²) in [6, 6.07) is 9.26. The first-order valence-corrected chi connectivity index (χ1v) is 7.87. The van der Waals surface area contributed by atoms with Crippen LogP contribution in [0, 0.1) is 5.92 Å². The maximum atomic E-state index is 12.3.